The second kappa shape index (κ2) is 24.0. The molecule has 0 radical (unpaired) electrons. The number of imidazole rings is 2. The predicted octanol–water partition coefficient (Wildman–Crippen LogP) is 3.85. The van der Waals surface area contributed by atoms with Crippen LogP contribution < -0.4 is 43.3 Å². The molecule has 4 atom stereocenters. The number of aromatic nitrogens is 14. The standard InChI is InChI=1S/C25H27N9O3S.C14H16N4O4.C12H15N5S/c1-5-6-9-33-23(36)19-20(31(4)25(33)37)28-14-34(19)16(3)21(35)29-18-13-38-22(30-18)17-11-26-24(27-12-17)32-10-7-8-15(32)2;1-5-6-7-17-12(19)10-11(16(3)14(17)21)15-8-18(10)9(2)13(20)22-4;1-8-3-2-4-17(8)12-14-5-9(6-15-12)11-16-10(13)7-18-11/h11-16H,7-10H2,1-4H3,(H,29,35);8-9H,7H2,1-4H3;5-8H,2-4,13H2,1H3/t15-,16+;9-;8-/m101/s1. The van der Waals surface area contributed by atoms with Crippen LogP contribution in [0, 0.1) is 23.7 Å². The van der Waals surface area contributed by atoms with Crippen LogP contribution in [-0.4, -0.2) is 111 Å². The highest BCUT2D eigenvalue weighted by Gasteiger charge is 2.27. The van der Waals surface area contributed by atoms with Gasteiger partial charge in [0, 0.05) is 85.9 Å². The monoisotopic (exact) mass is 1100 g/mol. The molecule has 25 nitrogen and oxygen atoms in total. The van der Waals surface area contributed by atoms with E-state index in [1.54, 1.807) is 45.5 Å². The quantitative estimate of drug-likeness (QED) is 0.137. The Morgan fingerprint density at radius 3 is 1.56 bits per heavy atom. The number of fused-ring (bicyclic) bond motifs is 2. The fraction of sp³-hybridized carbons (Fsp3) is 0.412. The zero-order chi connectivity index (χ0) is 55.9. The van der Waals surface area contributed by atoms with Gasteiger partial charge in [0.1, 0.15) is 33.7 Å². The van der Waals surface area contributed by atoms with Crippen molar-refractivity contribution in [1.82, 2.24) is 67.3 Å². The van der Waals surface area contributed by atoms with Crippen LogP contribution >= 0.6 is 22.7 Å². The van der Waals surface area contributed by atoms with Crippen molar-refractivity contribution in [2.45, 2.75) is 104 Å². The van der Waals surface area contributed by atoms with Crippen molar-refractivity contribution in [3.8, 4) is 44.8 Å². The van der Waals surface area contributed by atoms with Gasteiger partial charge in [-0.15, -0.1) is 34.5 Å². The molecule has 1 amide bonds. The minimum absolute atomic E-state index is 0.0181. The van der Waals surface area contributed by atoms with E-state index in [1.807, 2.05) is 17.8 Å². The summed E-state index contributed by atoms with van der Waals surface area (Å²) in [6.07, 6.45) is 14.6. The van der Waals surface area contributed by atoms with Crippen LogP contribution in [0.15, 0.2) is 67.4 Å². The first kappa shape index (κ1) is 55.4. The van der Waals surface area contributed by atoms with Crippen molar-refractivity contribution in [1.29, 1.82) is 0 Å². The van der Waals surface area contributed by atoms with Crippen LogP contribution in [0.2, 0.25) is 0 Å². The number of amides is 1. The molecule has 78 heavy (non-hydrogen) atoms. The molecule has 27 heteroatoms. The number of rotatable bonds is 11. The van der Waals surface area contributed by atoms with Crippen molar-refractivity contribution in [3.63, 3.8) is 0 Å². The number of hydrogen-bond acceptors (Lipinski definition) is 20. The minimum atomic E-state index is -0.800. The van der Waals surface area contributed by atoms with Gasteiger partial charge in [-0.1, -0.05) is 11.8 Å². The number of anilines is 4. The highest BCUT2D eigenvalue weighted by Crippen LogP contribution is 2.29. The van der Waals surface area contributed by atoms with E-state index in [-0.39, 0.29) is 41.3 Å². The Labute approximate surface area is 454 Å². The molecular formula is C51H58N18O7S2. The zero-order valence-electron chi connectivity index (χ0n) is 44.5. The first-order valence-electron chi connectivity index (χ1n) is 24.8. The fourth-order valence-electron chi connectivity index (χ4n) is 8.90. The van der Waals surface area contributed by atoms with Crippen molar-refractivity contribution in [2.24, 2.45) is 14.1 Å². The van der Waals surface area contributed by atoms with Gasteiger partial charge in [-0.2, -0.15) is 0 Å². The average molecular weight is 1100 g/mol. The second-order valence-electron chi connectivity index (χ2n) is 18.4. The molecule has 10 rings (SSSR count). The molecule has 406 valence electrons. The van der Waals surface area contributed by atoms with Crippen LogP contribution in [0.1, 0.15) is 79.3 Å². The molecule has 8 aromatic heterocycles. The summed E-state index contributed by atoms with van der Waals surface area (Å²) in [4.78, 5) is 115. The third-order valence-corrected chi connectivity index (χ3v) is 15.2. The summed E-state index contributed by atoms with van der Waals surface area (Å²) >= 11 is 2.88. The number of carbonyl (C=O) groups excluding carboxylic acids is 2. The topological polar surface area (TPSA) is 289 Å². The van der Waals surface area contributed by atoms with Gasteiger partial charge in [-0.05, 0) is 67.2 Å². The number of methoxy groups -OCH3 is 1. The van der Waals surface area contributed by atoms with Crippen LogP contribution in [-0.2, 0) is 41.5 Å². The van der Waals surface area contributed by atoms with E-state index < -0.39 is 40.6 Å². The van der Waals surface area contributed by atoms with Crippen molar-refractivity contribution in [3.05, 3.63) is 89.9 Å². The highest BCUT2D eigenvalue weighted by molar-refractivity contribution is 7.13. The van der Waals surface area contributed by atoms with Gasteiger partial charge in [0.25, 0.3) is 11.1 Å². The number of nitrogens with zero attached hydrogens (tertiary/aromatic N) is 16. The average Bonchev–Trinajstić information content (AvgIpc) is 4.45. The van der Waals surface area contributed by atoms with Gasteiger partial charge < -0.3 is 34.7 Å². The summed E-state index contributed by atoms with van der Waals surface area (Å²) in [5.74, 6) is 12.3. The Kier molecular flexibility index (Phi) is 17.1. The molecule has 0 aliphatic carbocycles. The normalized spacial score (nSPS) is 15.6. The third kappa shape index (κ3) is 11.3. The van der Waals surface area contributed by atoms with Gasteiger partial charge >= 0.3 is 17.3 Å². The van der Waals surface area contributed by atoms with Gasteiger partial charge in [0.15, 0.2) is 22.3 Å². The Hall–Kier alpha value is -8.82. The number of nitrogens with two attached hydrogens (primary N) is 1. The van der Waals surface area contributed by atoms with Crippen molar-refractivity contribution >= 4 is 80.4 Å². The molecule has 2 aliphatic rings. The maximum Gasteiger partial charge on any atom is 0.333 e. The van der Waals surface area contributed by atoms with E-state index in [2.05, 4.69) is 97.3 Å². The number of thiazole rings is 2. The lowest BCUT2D eigenvalue weighted by Crippen LogP contribution is -2.40. The molecule has 2 fully saturated rings. The number of ether oxygens (including phenoxy) is 1. The van der Waals surface area contributed by atoms with Gasteiger partial charge in [-0.3, -0.25) is 23.5 Å². The molecular weight excluding hydrogens is 1040 g/mol. The summed E-state index contributed by atoms with van der Waals surface area (Å²) in [7, 11) is 4.31. The fourth-order valence-corrected chi connectivity index (χ4v) is 10.3. The molecule has 2 aliphatic heterocycles. The largest absolute Gasteiger partial charge is 0.467 e. The van der Waals surface area contributed by atoms with E-state index in [1.165, 1.54) is 87.6 Å². The van der Waals surface area contributed by atoms with Crippen molar-refractivity contribution < 1.29 is 14.3 Å². The Morgan fingerprint density at radius 2 is 1.15 bits per heavy atom. The molecule has 0 aromatic carbocycles. The van der Waals surface area contributed by atoms with Gasteiger partial charge in [0.2, 0.25) is 17.8 Å². The van der Waals surface area contributed by atoms with E-state index in [9.17, 15) is 28.8 Å². The van der Waals surface area contributed by atoms with Crippen LogP contribution in [0.5, 0.6) is 0 Å². The third-order valence-electron chi connectivity index (χ3n) is 13.4. The zero-order valence-corrected chi connectivity index (χ0v) is 46.1. The van der Waals surface area contributed by atoms with Crippen LogP contribution in [0.25, 0.3) is 43.5 Å². The number of hydrogen-bond donors (Lipinski definition) is 2. The maximum absolute atomic E-state index is 13.1. The molecule has 0 bridgehead atoms. The van der Waals surface area contributed by atoms with Gasteiger partial charge in [-0.25, -0.2) is 63.4 Å². The summed E-state index contributed by atoms with van der Waals surface area (Å²) in [6.45, 7) is 12.8. The summed E-state index contributed by atoms with van der Waals surface area (Å²) in [6, 6.07) is -0.571. The Morgan fingerprint density at radius 1 is 0.705 bits per heavy atom. The number of carbonyl (C=O) groups is 2. The second-order valence-corrected chi connectivity index (χ2v) is 20.1. The molecule has 0 unspecified atom stereocenters. The SMILES string of the molecule is CC#CCn1c(=O)c2c(ncn2[C@@H](C)C(=O)Nc2csc(-c3cnc(N4CCC[C@H]4C)nc3)n2)n(C)c1=O.CC#CCn1c(=O)c2c(ncn2[C@@H](C)C(=O)OC)n(C)c1=O.C[C@@H]1CCCN1c1ncc(-c2nc(N)cs2)cn1. The van der Waals surface area contributed by atoms with E-state index in [4.69, 9.17) is 5.73 Å². The van der Waals surface area contributed by atoms with Gasteiger partial charge in [0.05, 0.1) is 32.9 Å². The lowest BCUT2D eigenvalue weighted by Gasteiger charge is -2.20. The maximum atomic E-state index is 13.1. The smallest absolute Gasteiger partial charge is 0.333 e. The van der Waals surface area contributed by atoms with Crippen LogP contribution in [0.3, 0.4) is 0 Å². The predicted molar refractivity (Wildman–Crippen MR) is 298 cm³/mol. The molecule has 2 saturated heterocycles. The highest BCUT2D eigenvalue weighted by atomic mass is 32.1. The summed E-state index contributed by atoms with van der Waals surface area (Å²) < 4.78 is 12.1. The van der Waals surface area contributed by atoms with Crippen molar-refractivity contribution in [2.75, 3.05) is 41.0 Å². The van der Waals surface area contributed by atoms with Crippen LogP contribution in [0.4, 0.5) is 23.5 Å². The Balaban J connectivity index is 0.000000169. The van der Waals surface area contributed by atoms with E-state index in [0.717, 1.165) is 57.1 Å². The first-order valence-corrected chi connectivity index (χ1v) is 26.6. The summed E-state index contributed by atoms with van der Waals surface area (Å²) in [5, 5.41) is 7.91. The number of aryl methyl sites for hydroxylation is 2. The van der Waals surface area contributed by atoms with E-state index in [0.29, 0.717) is 34.7 Å². The lowest BCUT2D eigenvalue weighted by atomic mass is 10.2. The summed E-state index contributed by atoms with van der Waals surface area (Å²) in [5.41, 5.74) is 5.92. The molecule has 10 heterocycles. The molecule has 0 saturated carbocycles. The lowest BCUT2D eigenvalue weighted by molar-refractivity contribution is -0.143. The first-order chi connectivity index (χ1) is 37.5. The molecule has 8 aromatic rings. The molecule has 0 spiro atoms. The minimum Gasteiger partial charge on any atom is -0.467 e. The number of nitrogen functional groups attached to an aromatic ring is 1. The Bertz CT molecular complexity index is 3880. The number of esters is 1. The molecule has 3 N–H and O–H groups in total. The number of nitrogens with one attached hydrogen (secondary N) is 1. The van der Waals surface area contributed by atoms with E-state index >= 15 is 0 Å².